The van der Waals surface area contributed by atoms with Gasteiger partial charge < -0.3 is 10.1 Å². The van der Waals surface area contributed by atoms with Gasteiger partial charge in [-0.25, -0.2) is 0 Å². The third-order valence-electron chi connectivity index (χ3n) is 2.84. The van der Waals surface area contributed by atoms with Gasteiger partial charge >= 0.3 is 0 Å². The number of anilines is 1. The number of hydrogen-bond donors (Lipinski definition) is 1. The highest BCUT2D eigenvalue weighted by Crippen LogP contribution is 2.22. The monoisotopic (exact) mass is 289 g/mol. The summed E-state index contributed by atoms with van der Waals surface area (Å²) in [7, 11) is 0. The SMILES string of the molecule is Cc1cc(OCc2ccccc2)ccc1NC(=O)CCl. The summed E-state index contributed by atoms with van der Waals surface area (Å²) in [6, 6.07) is 15.5. The van der Waals surface area contributed by atoms with Crippen molar-refractivity contribution in [3.05, 3.63) is 59.7 Å². The normalized spacial score (nSPS) is 10.1. The zero-order valence-electron chi connectivity index (χ0n) is 11.2. The number of ether oxygens (including phenoxy) is 1. The summed E-state index contributed by atoms with van der Waals surface area (Å²) in [6.07, 6.45) is 0. The molecule has 0 radical (unpaired) electrons. The molecule has 0 spiro atoms. The second-order valence-electron chi connectivity index (χ2n) is 4.43. The summed E-state index contributed by atoms with van der Waals surface area (Å²) >= 11 is 5.47. The predicted octanol–water partition coefficient (Wildman–Crippen LogP) is 3.75. The Morgan fingerprint density at radius 1 is 1.20 bits per heavy atom. The molecule has 0 aromatic heterocycles. The molecule has 104 valence electrons. The molecule has 2 aromatic carbocycles. The van der Waals surface area contributed by atoms with Crippen LogP contribution >= 0.6 is 11.6 Å². The molecule has 3 nitrogen and oxygen atoms in total. The Kier molecular flexibility index (Phi) is 5.02. The first kappa shape index (κ1) is 14.4. The molecule has 0 heterocycles. The lowest BCUT2D eigenvalue weighted by atomic mass is 10.2. The molecule has 0 atom stereocenters. The molecule has 0 aliphatic rings. The van der Waals surface area contributed by atoms with E-state index in [1.165, 1.54) is 0 Å². The lowest BCUT2D eigenvalue weighted by Crippen LogP contribution is -2.13. The molecule has 2 rings (SSSR count). The van der Waals surface area contributed by atoms with Gasteiger partial charge in [-0.05, 0) is 36.2 Å². The number of alkyl halides is 1. The number of nitrogens with one attached hydrogen (secondary N) is 1. The number of aryl methyl sites for hydroxylation is 1. The summed E-state index contributed by atoms with van der Waals surface area (Å²) in [5, 5.41) is 2.73. The van der Waals surface area contributed by atoms with E-state index in [0.717, 1.165) is 22.6 Å². The second-order valence-corrected chi connectivity index (χ2v) is 4.70. The van der Waals surface area contributed by atoms with Crippen LogP contribution in [0.5, 0.6) is 5.75 Å². The van der Waals surface area contributed by atoms with E-state index >= 15 is 0 Å². The van der Waals surface area contributed by atoms with Crippen molar-refractivity contribution in [2.45, 2.75) is 13.5 Å². The van der Waals surface area contributed by atoms with Crippen LogP contribution in [0.4, 0.5) is 5.69 Å². The first-order valence-corrected chi connectivity index (χ1v) is 6.85. The van der Waals surface area contributed by atoms with Crippen molar-refractivity contribution >= 4 is 23.2 Å². The van der Waals surface area contributed by atoms with Crippen molar-refractivity contribution in [2.75, 3.05) is 11.2 Å². The van der Waals surface area contributed by atoms with Gasteiger partial charge in [0, 0.05) is 5.69 Å². The standard InChI is InChI=1S/C16H16ClNO2/c1-12-9-14(7-8-15(12)18-16(19)10-17)20-11-13-5-3-2-4-6-13/h2-9H,10-11H2,1H3,(H,18,19). The van der Waals surface area contributed by atoms with Crippen LogP contribution in [0.2, 0.25) is 0 Å². The largest absolute Gasteiger partial charge is 0.489 e. The number of hydrogen-bond acceptors (Lipinski definition) is 2. The fourth-order valence-corrected chi connectivity index (χ4v) is 1.86. The Morgan fingerprint density at radius 2 is 1.95 bits per heavy atom. The molecule has 0 aliphatic carbocycles. The number of carbonyl (C=O) groups is 1. The van der Waals surface area contributed by atoms with Gasteiger partial charge in [0.05, 0.1) is 0 Å². The molecule has 0 fully saturated rings. The fraction of sp³-hybridized carbons (Fsp3) is 0.188. The number of rotatable bonds is 5. The quantitative estimate of drug-likeness (QED) is 0.851. The van der Waals surface area contributed by atoms with E-state index in [9.17, 15) is 4.79 Å². The minimum Gasteiger partial charge on any atom is -0.489 e. The van der Waals surface area contributed by atoms with Crippen molar-refractivity contribution in [2.24, 2.45) is 0 Å². The van der Waals surface area contributed by atoms with E-state index < -0.39 is 0 Å². The Balaban J connectivity index is 2.00. The molecule has 4 heteroatoms. The summed E-state index contributed by atoms with van der Waals surface area (Å²) < 4.78 is 5.72. The van der Waals surface area contributed by atoms with Gasteiger partial charge in [0.2, 0.25) is 5.91 Å². The highest BCUT2D eigenvalue weighted by molar-refractivity contribution is 6.29. The van der Waals surface area contributed by atoms with Crippen LogP contribution in [-0.2, 0) is 11.4 Å². The maximum atomic E-state index is 11.3. The molecule has 20 heavy (non-hydrogen) atoms. The first-order chi connectivity index (χ1) is 9.69. The molecule has 0 saturated carbocycles. The van der Waals surface area contributed by atoms with Crippen LogP contribution < -0.4 is 10.1 Å². The minimum atomic E-state index is -0.215. The van der Waals surface area contributed by atoms with Gasteiger partial charge in [-0.15, -0.1) is 11.6 Å². The molecule has 0 aliphatic heterocycles. The maximum absolute atomic E-state index is 11.3. The first-order valence-electron chi connectivity index (χ1n) is 6.32. The lowest BCUT2D eigenvalue weighted by Gasteiger charge is -2.11. The van der Waals surface area contributed by atoms with Crippen LogP contribution in [0.15, 0.2) is 48.5 Å². The topological polar surface area (TPSA) is 38.3 Å². The second kappa shape index (κ2) is 6.96. The van der Waals surface area contributed by atoms with E-state index in [-0.39, 0.29) is 11.8 Å². The third kappa shape index (κ3) is 4.00. The third-order valence-corrected chi connectivity index (χ3v) is 3.08. The summed E-state index contributed by atoms with van der Waals surface area (Å²) in [5.41, 5.74) is 2.81. The van der Waals surface area contributed by atoms with Gasteiger partial charge in [0.1, 0.15) is 18.2 Å². The van der Waals surface area contributed by atoms with E-state index in [1.54, 1.807) is 0 Å². The minimum absolute atomic E-state index is 0.0499. The molecule has 0 unspecified atom stereocenters. The number of benzene rings is 2. The average molecular weight is 290 g/mol. The molecular weight excluding hydrogens is 274 g/mol. The molecule has 0 bridgehead atoms. The maximum Gasteiger partial charge on any atom is 0.239 e. The predicted molar refractivity (Wildman–Crippen MR) is 81.3 cm³/mol. The fourth-order valence-electron chi connectivity index (χ4n) is 1.79. The van der Waals surface area contributed by atoms with Crippen molar-refractivity contribution in [3.8, 4) is 5.75 Å². The Morgan fingerprint density at radius 3 is 2.60 bits per heavy atom. The van der Waals surface area contributed by atoms with E-state index in [2.05, 4.69) is 5.32 Å². The number of amides is 1. The molecule has 0 saturated heterocycles. The van der Waals surface area contributed by atoms with Crippen molar-refractivity contribution in [1.29, 1.82) is 0 Å². The van der Waals surface area contributed by atoms with Gasteiger partial charge in [-0.3, -0.25) is 4.79 Å². The van der Waals surface area contributed by atoms with Crippen LogP contribution in [0.3, 0.4) is 0 Å². The highest BCUT2D eigenvalue weighted by atomic mass is 35.5. The smallest absolute Gasteiger partial charge is 0.239 e. The summed E-state index contributed by atoms with van der Waals surface area (Å²) in [6.45, 7) is 2.44. The molecular formula is C16H16ClNO2. The van der Waals surface area contributed by atoms with Crippen LogP contribution in [0, 0.1) is 6.92 Å². The van der Waals surface area contributed by atoms with Gasteiger partial charge in [-0.2, -0.15) is 0 Å². The summed E-state index contributed by atoms with van der Waals surface area (Å²) in [5.74, 6) is 0.508. The van der Waals surface area contributed by atoms with Crippen LogP contribution in [0.1, 0.15) is 11.1 Å². The zero-order chi connectivity index (χ0) is 14.4. The zero-order valence-corrected chi connectivity index (χ0v) is 12.0. The Bertz CT molecular complexity index is 584. The summed E-state index contributed by atoms with van der Waals surface area (Å²) in [4.78, 5) is 11.3. The van der Waals surface area contributed by atoms with E-state index in [0.29, 0.717) is 6.61 Å². The van der Waals surface area contributed by atoms with E-state index in [1.807, 2.05) is 55.5 Å². The van der Waals surface area contributed by atoms with Gasteiger partial charge in [0.25, 0.3) is 0 Å². The van der Waals surface area contributed by atoms with Crippen LogP contribution in [-0.4, -0.2) is 11.8 Å². The number of halogens is 1. The van der Waals surface area contributed by atoms with Crippen molar-refractivity contribution in [3.63, 3.8) is 0 Å². The highest BCUT2D eigenvalue weighted by Gasteiger charge is 2.04. The molecule has 1 N–H and O–H groups in total. The van der Waals surface area contributed by atoms with Crippen molar-refractivity contribution in [1.82, 2.24) is 0 Å². The van der Waals surface area contributed by atoms with Gasteiger partial charge in [-0.1, -0.05) is 30.3 Å². The molecule has 2 aromatic rings. The molecule has 1 amide bonds. The Labute approximate surface area is 123 Å². The Hall–Kier alpha value is -2.00. The van der Waals surface area contributed by atoms with Gasteiger partial charge in [0.15, 0.2) is 0 Å². The van der Waals surface area contributed by atoms with Crippen LogP contribution in [0.25, 0.3) is 0 Å². The number of carbonyl (C=O) groups excluding carboxylic acids is 1. The average Bonchev–Trinajstić information content (AvgIpc) is 2.48. The van der Waals surface area contributed by atoms with Crippen molar-refractivity contribution < 1.29 is 9.53 Å². The van der Waals surface area contributed by atoms with E-state index in [4.69, 9.17) is 16.3 Å². The lowest BCUT2D eigenvalue weighted by molar-refractivity contribution is -0.113.